The molecule has 0 bridgehead atoms. The molecule has 246 valence electrons. The molecule has 0 atom stereocenters. The van der Waals surface area contributed by atoms with Crippen LogP contribution in [0.2, 0.25) is 0 Å². The summed E-state index contributed by atoms with van der Waals surface area (Å²) in [4.78, 5) is 0. The van der Waals surface area contributed by atoms with Crippen LogP contribution in [-0.4, -0.2) is 15.4 Å². The van der Waals surface area contributed by atoms with Gasteiger partial charge in [-0.25, -0.2) is 0 Å². The molecule has 1 aliphatic carbocycles. The Labute approximate surface area is 306 Å². The maximum Gasteiger partial charge on any atom is 0.105 e. The first kappa shape index (κ1) is 30.6. The van der Waals surface area contributed by atoms with E-state index in [1.165, 1.54) is 75.8 Å². The number of benzene rings is 7. The molecule has 0 unspecified atom stereocenters. The molecule has 2 heterocycles. The summed E-state index contributed by atoms with van der Waals surface area (Å²) in [5, 5.41) is 16.7. The summed E-state index contributed by atoms with van der Waals surface area (Å²) < 4.78 is 2.58. The second kappa shape index (κ2) is 12.2. The van der Waals surface area contributed by atoms with E-state index in [0.717, 1.165) is 40.1 Å². The summed E-state index contributed by atoms with van der Waals surface area (Å²) in [7, 11) is 0. The van der Waals surface area contributed by atoms with Gasteiger partial charge in [0.2, 0.25) is 0 Å². The summed E-state index contributed by atoms with van der Waals surface area (Å²) in [5.41, 5.74) is 18.6. The predicted molar refractivity (Wildman–Crippen MR) is 218 cm³/mol. The second-order valence-corrected chi connectivity index (χ2v) is 14.7. The van der Waals surface area contributed by atoms with Crippen LogP contribution < -0.4 is 0 Å². The predicted octanol–water partition coefficient (Wildman–Crippen LogP) is 12.8. The fourth-order valence-electron chi connectivity index (χ4n) is 8.29. The van der Waals surface area contributed by atoms with Crippen molar-refractivity contribution in [3.8, 4) is 67.0 Å². The number of nitrogens with zero attached hydrogens (tertiary/aromatic N) is 3. The number of hydrogen-bond acceptors (Lipinski definition) is 4. The third-order valence-corrected chi connectivity index (χ3v) is 11.9. The van der Waals surface area contributed by atoms with Gasteiger partial charge < -0.3 is 0 Å². The molecule has 0 N–H and O–H groups in total. The molecule has 0 radical (unpaired) electrons. The number of thiophene rings is 1. The molecule has 1 aliphatic rings. The normalized spacial score (nSPS) is 12.0. The number of aryl methyl sites for hydroxylation is 1. The third kappa shape index (κ3) is 4.75. The largest absolute Gasteiger partial charge is 0.135 e. The van der Waals surface area contributed by atoms with Gasteiger partial charge in [-0.05, 0) is 98.8 Å². The Balaban J connectivity index is 1.36. The van der Waals surface area contributed by atoms with Crippen LogP contribution in [0.5, 0.6) is 0 Å². The van der Waals surface area contributed by atoms with Gasteiger partial charge in [0, 0.05) is 36.9 Å². The molecule has 0 spiro atoms. The minimum absolute atomic E-state index is 0.817. The summed E-state index contributed by atoms with van der Waals surface area (Å²) in [6, 6.07) is 54.5. The van der Waals surface area contributed by atoms with Crippen molar-refractivity contribution in [2.45, 2.75) is 20.3 Å². The molecule has 0 aliphatic heterocycles. The van der Waals surface area contributed by atoms with Crippen molar-refractivity contribution >= 4 is 31.5 Å². The van der Waals surface area contributed by atoms with E-state index in [1.54, 1.807) is 0 Å². The van der Waals surface area contributed by atoms with Gasteiger partial charge >= 0.3 is 0 Å². The summed E-state index contributed by atoms with van der Waals surface area (Å²) >= 11 is 1.86. The molecule has 9 aromatic rings. The zero-order valence-corrected chi connectivity index (χ0v) is 29.7. The first-order valence-electron chi connectivity index (χ1n) is 17.8. The van der Waals surface area contributed by atoms with Gasteiger partial charge in [0.15, 0.2) is 0 Å². The topological polar surface area (TPSA) is 38.7 Å². The van der Waals surface area contributed by atoms with Crippen LogP contribution in [0, 0.1) is 13.8 Å². The van der Waals surface area contributed by atoms with Crippen LogP contribution in [-0.2, 0) is 6.42 Å². The highest BCUT2D eigenvalue weighted by Gasteiger charge is 2.29. The molecule has 0 amide bonds. The zero-order valence-electron chi connectivity index (χ0n) is 28.9. The monoisotopic (exact) mass is 683 g/mol. The lowest BCUT2D eigenvalue weighted by Crippen LogP contribution is -2.04. The molecular weight excluding hydrogens is 651 g/mol. The summed E-state index contributed by atoms with van der Waals surface area (Å²) in [6.45, 7) is 4.55. The van der Waals surface area contributed by atoms with Crippen molar-refractivity contribution in [3.63, 3.8) is 0 Å². The van der Waals surface area contributed by atoms with Gasteiger partial charge in [-0.1, -0.05) is 140 Å². The highest BCUT2D eigenvalue weighted by Crippen LogP contribution is 2.52. The van der Waals surface area contributed by atoms with Gasteiger partial charge in [0.05, 0.1) is 0 Å². The van der Waals surface area contributed by atoms with Crippen LogP contribution in [0.4, 0.5) is 0 Å². The van der Waals surface area contributed by atoms with E-state index in [4.69, 9.17) is 10.2 Å². The lowest BCUT2D eigenvalue weighted by Gasteiger charge is -2.23. The number of hydrogen-bond donors (Lipinski definition) is 0. The van der Waals surface area contributed by atoms with Gasteiger partial charge in [0.25, 0.3) is 0 Å². The first-order valence-corrected chi connectivity index (χ1v) is 18.6. The number of fused-ring (bicyclic) bond motifs is 6. The van der Waals surface area contributed by atoms with Crippen LogP contribution in [0.15, 0.2) is 152 Å². The maximum absolute atomic E-state index is 4.96. The average Bonchev–Trinajstić information content (AvgIpc) is 3.77. The van der Waals surface area contributed by atoms with Crippen molar-refractivity contribution in [2.75, 3.05) is 0 Å². The van der Waals surface area contributed by atoms with Crippen molar-refractivity contribution in [1.82, 2.24) is 15.4 Å². The van der Waals surface area contributed by atoms with Gasteiger partial charge in [-0.3, -0.25) is 0 Å². The fourth-order valence-corrected chi connectivity index (χ4v) is 9.42. The van der Waals surface area contributed by atoms with Crippen molar-refractivity contribution in [2.24, 2.45) is 0 Å². The lowest BCUT2D eigenvalue weighted by molar-refractivity contribution is 0.879. The van der Waals surface area contributed by atoms with E-state index in [1.807, 2.05) is 17.4 Å². The Morgan fingerprint density at radius 1 is 0.481 bits per heavy atom. The molecule has 7 aromatic carbocycles. The van der Waals surface area contributed by atoms with Crippen molar-refractivity contribution in [1.29, 1.82) is 0 Å². The second-order valence-electron chi connectivity index (χ2n) is 13.7. The minimum atomic E-state index is 0.817. The van der Waals surface area contributed by atoms with E-state index in [2.05, 4.69) is 165 Å². The smallest absolute Gasteiger partial charge is 0.105 e. The Hall–Kier alpha value is -6.23. The Morgan fingerprint density at radius 3 is 1.96 bits per heavy atom. The first-order chi connectivity index (χ1) is 25.7. The van der Waals surface area contributed by atoms with Gasteiger partial charge in [-0.15, -0.1) is 21.5 Å². The van der Waals surface area contributed by atoms with Crippen LogP contribution >= 0.6 is 11.3 Å². The molecule has 0 saturated carbocycles. The molecule has 10 rings (SSSR count). The fraction of sp³-hybridized carbons (Fsp3) is 0.0625. The maximum atomic E-state index is 4.96. The lowest BCUT2D eigenvalue weighted by atomic mass is 9.80. The van der Waals surface area contributed by atoms with Crippen LogP contribution in [0.3, 0.4) is 0 Å². The van der Waals surface area contributed by atoms with E-state index < -0.39 is 0 Å². The van der Waals surface area contributed by atoms with Crippen LogP contribution in [0.1, 0.15) is 22.3 Å². The summed E-state index contributed by atoms with van der Waals surface area (Å²) in [6.07, 6.45) is 0.879. The Kier molecular flexibility index (Phi) is 7.19. The van der Waals surface area contributed by atoms with Gasteiger partial charge in [-0.2, -0.15) is 0 Å². The van der Waals surface area contributed by atoms with E-state index in [-0.39, 0.29) is 0 Å². The highest BCUT2D eigenvalue weighted by molar-refractivity contribution is 7.25. The number of rotatable bonds is 5. The van der Waals surface area contributed by atoms with Crippen LogP contribution in [0.25, 0.3) is 87.2 Å². The standard InChI is InChI=1S/C48H33N3S/c1-29-27-39-34-20-10-9-19-33(34)28-40(39)43(30(29)2)46-36(35-23-14-26-42-45(35)37-21-11-12-25-41(37)52-42)22-13-24-38(46)48-44(31-15-5-3-6-16-31)47(49-51-50-48)32-17-7-4-8-18-32/h3-27H,28H2,1-2H3. The summed E-state index contributed by atoms with van der Waals surface area (Å²) in [5.74, 6) is 0. The van der Waals surface area contributed by atoms with Gasteiger partial charge in [0.1, 0.15) is 11.4 Å². The molecule has 0 fully saturated rings. The van der Waals surface area contributed by atoms with Crippen molar-refractivity contribution in [3.05, 3.63) is 174 Å². The molecular formula is C48H33N3S. The number of aromatic nitrogens is 3. The molecule has 4 heteroatoms. The minimum Gasteiger partial charge on any atom is -0.135 e. The third-order valence-electron chi connectivity index (χ3n) is 10.8. The average molecular weight is 684 g/mol. The highest BCUT2D eigenvalue weighted by atomic mass is 32.1. The SMILES string of the molecule is Cc1cc2c(c(-c3c(-c4nnnc(-c5ccccc5)c4-c4ccccc4)cccc3-c3cccc4sc5ccccc5c34)c1C)Cc1ccccc1-2. The van der Waals surface area contributed by atoms with E-state index >= 15 is 0 Å². The van der Waals surface area contributed by atoms with E-state index in [0.29, 0.717) is 0 Å². The quantitative estimate of drug-likeness (QED) is 0.181. The van der Waals surface area contributed by atoms with E-state index in [9.17, 15) is 0 Å². The Bertz CT molecular complexity index is 2840. The molecule has 0 saturated heterocycles. The van der Waals surface area contributed by atoms with Crippen molar-refractivity contribution < 1.29 is 0 Å². The Morgan fingerprint density at radius 2 is 1.12 bits per heavy atom. The molecule has 3 nitrogen and oxygen atoms in total. The molecule has 2 aromatic heterocycles. The molecule has 52 heavy (non-hydrogen) atoms. The zero-order chi connectivity index (χ0) is 34.8.